The van der Waals surface area contributed by atoms with Crippen LogP contribution in [0.4, 0.5) is 0 Å². The lowest BCUT2D eigenvalue weighted by atomic mass is 9.96. The average molecular weight is 399 g/mol. The summed E-state index contributed by atoms with van der Waals surface area (Å²) in [5, 5.41) is 15.8. The molecule has 2 amide bonds. The number of aromatic nitrogens is 1. The van der Waals surface area contributed by atoms with Crippen LogP contribution in [0, 0.1) is 0 Å². The van der Waals surface area contributed by atoms with Crippen molar-refractivity contribution in [2.45, 2.75) is 52.6 Å². The summed E-state index contributed by atoms with van der Waals surface area (Å²) in [5.74, 6) is -4.27. The maximum Gasteiger partial charge on any atom is 0.292 e. The van der Waals surface area contributed by atoms with E-state index in [1.165, 1.54) is 18.3 Å². The number of pyridine rings is 1. The second-order valence-electron chi connectivity index (χ2n) is 8.79. The molecule has 8 nitrogen and oxygen atoms in total. The summed E-state index contributed by atoms with van der Waals surface area (Å²) in [4.78, 5) is 54.1. The summed E-state index contributed by atoms with van der Waals surface area (Å²) in [6.45, 7) is 10.3. The minimum Gasteiger partial charge on any atom is -0.505 e. The van der Waals surface area contributed by atoms with Crippen LogP contribution in [0.2, 0.25) is 0 Å². The first-order valence-corrected chi connectivity index (χ1v) is 9.05. The van der Waals surface area contributed by atoms with Gasteiger partial charge in [0.25, 0.3) is 23.4 Å². The predicted octanol–water partition coefficient (Wildman–Crippen LogP) is 2.14. The third-order valence-electron chi connectivity index (χ3n) is 3.74. The molecule has 1 aromatic carbocycles. The molecule has 0 unspecified atom stereocenters. The van der Waals surface area contributed by atoms with Crippen molar-refractivity contribution in [3.63, 3.8) is 0 Å². The van der Waals surface area contributed by atoms with Gasteiger partial charge < -0.3 is 15.7 Å². The standard InChI is InChI=1S/C21H25N3O5/c1-20(2,3)23-18(28)16(26)12-10-13(17(27)19(29)24-21(4,5)6)15(25)14-11(12)8-7-9-22-14/h7-10,25H,1-6H3,(H,23,28)(H,24,29). The fourth-order valence-electron chi connectivity index (χ4n) is 2.63. The molecule has 1 aromatic heterocycles. The van der Waals surface area contributed by atoms with Gasteiger partial charge in [-0.1, -0.05) is 6.07 Å². The Morgan fingerprint density at radius 3 is 1.83 bits per heavy atom. The molecule has 0 radical (unpaired) electrons. The minimum absolute atomic E-state index is 0.0474. The number of hydrogen-bond donors (Lipinski definition) is 3. The Balaban J connectivity index is 2.61. The van der Waals surface area contributed by atoms with Crippen LogP contribution in [0.15, 0.2) is 24.4 Å². The van der Waals surface area contributed by atoms with Gasteiger partial charge >= 0.3 is 0 Å². The van der Waals surface area contributed by atoms with Crippen molar-refractivity contribution in [2.75, 3.05) is 0 Å². The van der Waals surface area contributed by atoms with Crippen LogP contribution in [-0.4, -0.2) is 44.5 Å². The molecular weight excluding hydrogens is 374 g/mol. The average Bonchev–Trinajstić information content (AvgIpc) is 2.58. The number of carbonyl (C=O) groups is 4. The number of carbonyl (C=O) groups excluding carboxylic acids is 4. The number of hydrogen-bond acceptors (Lipinski definition) is 6. The number of phenolic OH excluding ortho intramolecular Hbond substituents is 1. The van der Waals surface area contributed by atoms with Gasteiger partial charge in [0.05, 0.1) is 5.56 Å². The van der Waals surface area contributed by atoms with E-state index in [1.807, 2.05) is 0 Å². The molecule has 29 heavy (non-hydrogen) atoms. The first kappa shape index (κ1) is 22.0. The zero-order chi connectivity index (χ0) is 22.1. The molecule has 8 heteroatoms. The molecule has 0 fully saturated rings. The topological polar surface area (TPSA) is 125 Å². The number of phenols is 1. The van der Waals surface area contributed by atoms with Gasteiger partial charge in [0.1, 0.15) is 5.52 Å². The van der Waals surface area contributed by atoms with Crippen LogP contribution in [0.5, 0.6) is 5.75 Å². The quantitative estimate of drug-likeness (QED) is 0.534. The highest BCUT2D eigenvalue weighted by atomic mass is 16.3. The van der Waals surface area contributed by atoms with E-state index in [2.05, 4.69) is 15.6 Å². The first-order chi connectivity index (χ1) is 13.2. The van der Waals surface area contributed by atoms with Crippen molar-refractivity contribution in [1.29, 1.82) is 0 Å². The van der Waals surface area contributed by atoms with Crippen molar-refractivity contribution < 1.29 is 24.3 Å². The number of nitrogens with zero attached hydrogens (tertiary/aromatic N) is 1. The number of nitrogens with one attached hydrogen (secondary N) is 2. The van der Waals surface area contributed by atoms with Crippen molar-refractivity contribution >= 4 is 34.3 Å². The van der Waals surface area contributed by atoms with E-state index >= 15 is 0 Å². The van der Waals surface area contributed by atoms with Gasteiger partial charge in [-0.25, -0.2) is 0 Å². The summed E-state index contributed by atoms with van der Waals surface area (Å²) in [6, 6.07) is 4.10. The van der Waals surface area contributed by atoms with Crippen molar-refractivity contribution in [3.05, 3.63) is 35.5 Å². The molecule has 0 spiro atoms. The molecule has 1 heterocycles. The van der Waals surface area contributed by atoms with Crippen LogP contribution in [0.1, 0.15) is 62.3 Å². The van der Waals surface area contributed by atoms with E-state index in [4.69, 9.17) is 0 Å². The van der Waals surface area contributed by atoms with E-state index in [9.17, 15) is 24.3 Å². The molecule has 2 aromatic rings. The molecular formula is C21H25N3O5. The summed E-state index contributed by atoms with van der Waals surface area (Å²) in [6.07, 6.45) is 1.37. The van der Waals surface area contributed by atoms with Gasteiger partial charge in [-0.15, -0.1) is 0 Å². The highest BCUT2D eigenvalue weighted by Crippen LogP contribution is 2.31. The molecule has 0 aliphatic rings. The largest absolute Gasteiger partial charge is 0.505 e. The molecule has 0 bridgehead atoms. The van der Waals surface area contributed by atoms with E-state index in [0.29, 0.717) is 0 Å². The van der Waals surface area contributed by atoms with Crippen molar-refractivity contribution in [1.82, 2.24) is 15.6 Å². The number of benzene rings is 1. The lowest BCUT2D eigenvalue weighted by Crippen LogP contribution is -2.44. The van der Waals surface area contributed by atoms with Crippen LogP contribution in [-0.2, 0) is 9.59 Å². The monoisotopic (exact) mass is 399 g/mol. The molecule has 154 valence electrons. The third-order valence-corrected chi connectivity index (χ3v) is 3.74. The Kier molecular flexibility index (Phi) is 5.78. The molecule has 2 rings (SSSR count). The number of amides is 2. The minimum atomic E-state index is -1.03. The fraction of sp³-hybridized carbons (Fsp3) is 0.381. The third kappa shape index (κ3) is 5.16. The van der Waals surface area contributed by atoms with E-state index in [0.717, 1.165) is 6.07 Å². The summed E-state index contributed by atoms with van der Waals surface area (Å²) in [5.41, 5.74) is -1.90. The zero-order valence-corrected chi connectivity index (χ0v) is 17.3. The Labute approximate surface area is 168 Å². The summed E-state index contributed by atoms with van der Waals surface area (Å²) in [7, 11) is 0. The highest BCUT2D eigenvalue weighted by Gasteiger charge is 2.30. The molecule has 0 saturated heterocycles. The van der Waals surface area contributed by atoms with E-state index in [1.54, 1.807) is 41.5 Å². The second kappa shape index (κ2) is 7.62. The SMILES string of the molecule is CC(C)(C)NC(=O)C(=O)c1cc(C(=O)C(=O)NC(C)(C)C)c2cccnc2c1O. The number of fused-ring (bicyclic) bond motifs is 1. The van der Waals surface area contributed by atoms with Gasteiger partial charge in [-0.2, -0.15) is 0 Å². The van der Waals surface area contributed by atoms with Crippen molar-refractivity contribution in [2.24, 2.45) is 0 Å². The Bertz CT molecular complexity index is 1010. The normalized spacial score (nSPS) is 11.8. The molecule has 0 aliphatic carbocycles. The van der Waals surface area contributed by atoms with E-state index in [-0.39, 0.29) is 16.5 Å². The number of rotatable bonds is 4. The van der Waals surface area contributed by atoms with Crippen LogP contribution >= 0.6 is 0 Å². The summed E-state index contributed by atoms with van der Waals surface area (Å²) < 4.78 is 0. The van der Waals surface area contributed by atoms with E-state index < -0.39 is 45.8 Å². The lowest BCUT2D eigenvalue weighted by molar-refractivity contribution is -0.119. The number of aromatic hydroxyl groups is 1. The number of Topliss-reactive ketones (excluding diaryl/α,β-unsaturated/α-hetero) is 2. The van der Waals surface area contributed by atoms with Crippen molar-refractivity contribution in [3.8, 4) is 5.75 Å². The second-order valence-corrected chi connectivity index (χ2v) is 8.79. The Morgan fingerprint density at radius 2 is 1.34 bits per heavy atom. The Hall–Kier alpha value is -3.29. The van der Waals surface area contributed by atoms with Crippen LogP contribution in [0.3, 0.4) is 0 Å². The van der Waals surface area contributed by atoms with Gasteiger partial charge in [0.2, 0.25) is 0 Å². The highest BCUT2D eigenvalue weighted by molar-refractivity contribution is 6.47. The molecule has 0 saturated carbocycles. The summed E-state index contributed by atoms with van der Waals surface area (Å²) >= 11 is 0. The van der Waals surface area contributed by atoms with Crippen LogP contribution in [0.25, 0.3) is 10.9 Å². The maximum atomic E-state index is 12.8. The Morgan fingerprint density at radius 1 is 0.862 bits per heavy atom. The predicted molar refractivity (Wildman–Crippen MR) is 108 cm³/mol. The van der Waals surface area contributed by atoms with Gasteiger partial charge in [0.15, 0.2) is 5.75 Å². The smallest absolute Gasteiger partial charge is 0.292 e. The lowest BCUT2D eigenvalue weighted by Gasteiger charge is -2.21. The molecule has 0 aliphatic heterocycles. The zero-order valence-electron chi connectivity index (χ0n) is 17.3. The maximum absolute atomic E-state index is 12.8. The van der Waals surface area contributed by atoms with Gasteiger partial charge in [-0.3, -0.25) is 24.2 Å². The van der Waals surface area contributed by atoms with Gasteiger partial charge in [0, 0.05) is 28.2 Å². The number of ketones is 2. The fourth-order valence-corrected chi connectivity index (χ4v) is 2.63. The first-order valence-electron chi connectivity index (χ1n) is 9.05. The molecule has 0 atom stereocenters. The van der Waals surface area contributed by atoms with Crippen LogP contribution < -0.4 is 10.6 Å². The van der Waals surface area contributed by atoms with Gasteiger partial charge in [-0.05, 0) is 53.7 Å². The molecule has 3 N–H and O–H groups in total.